The zero-order valence-corrected chi connectivity index (χ0v) is 14.6. The van der Waals surface area contributed by atoms with E-state index in [1.165, 1.54) is 18.2 Å². The van der Waals surface area contributed by atoms with Crippen molar-refractivity contribution in [1.82, 2.24) is 4.90 Å². The molecule has 1 saturated heterocycles. The molecule has 2 aromatic rings. The number of nitrogens with one attached hydrogen (secondary N) is 1. The Hall–Kier alpha value is -2.35. The third-order valence-electron chi connectivity index (χ3n) is 4.20. The van der Waals surface area contributed by atoms with E-state index in [0.717, 1.165) is 17.8 Å². The summed E-state index contributed by atoms with van der Waals surface area (Å²) >= 11 is 5.33. The van der Waals surface area contributed by atoms with Gasteiger partial charge in [0.1, 0.15) is 5.82 Å². The van der Waals surface area contributed by atoms with Crippen molar-refractivity contribution >= 4 is 28.7 Å². The van der Waals surface area contributed by atoms with Gasteiger partial charge in [-0.1, -0.05) is 6.07 Å². The van der Waals surface area contributed by atoms with Crippen molar-refractivity contribution in [1.29, 1.82) is 0 Å². The summed E-state index contributed by atoms with van der Waals surface area (Å²) in [7, 11) is 0. The predicted molar refractivity (Wildman–Crippen MR) is 97.9 cm³/mol. The van der Waals surface area contributed by atoms with Crippen LogP contribution in [0.1, 0.15) is 5.56 Å². The van der Waals surface area contributed by atoms with Gasteiger partial charge in [0, 0.05) is 37.6 Å². The molecule has 1 fully saturated rings. The van der Waals surface area contributed by atoms with Crippen LogP contribution in [0.15, 0.2) is 48.5 Å². The van der Waals surface area contributed by atoms with Crippen molar-refractivity contribution in [3.63, 3.8) is 0 Å². The average molecular weight is 383 g/mol. The minimum Gasteiger partial charge on any atom is -0.368 e. The van der Waals surface area contributed by atoms with Crippen LogP contribution >= 0.6 is 12.2 Å². The molecule has 8 heteroatoms. The molecule has 0 unspecified atom stereocenters. The maximum atomic E-state index is 13.0. The van der Waals surface area contributed by atoms with Crippen LogP contribution in [-0.2, 0) is 6.18 Å². The lowest BCUT2D eigenvalue weighted by Crippen LogP contribution is -2.50. The zero-order valence-electron chi connectivity index (χ0n) is 13.8. The summed E-state index contributed by atoms with van der Waals surface area (Å²) in [5, 5.41) is 3.27. The second-order valence-electron chi connectivity index (χ2n) is 5.96. The van der Waals surface area contributed by atoms with Crippen LogP contribution < -0.4 is 10.2 Å². The second-order valence-corrected chi connectivity index (χ2v) is 6.35. The molecule has 1 aliphatic heterocycles. The van der Waals surface area contributed by atoms with Gasteiger partial charge in [-0.05, 0) is 54.7 Å². The first kappa shape index (κ1) is 18.4. The molecule has 0 aromatic heterocycles. The van der Waals surface area contributed by atoms with Gasteiger partial charge in [0.15, 0.2) is 5.11 Å². The predicted octanol–water partition coefficient (Wildman–Crippen LogP) is 4.36. The molecule has 138 valence electrons. The monoisotopic (exact) mass is 383 g/mol. The number of rotatable bonds is 2. The van der Waals surface area contributed by atoms with Gasteiger partial charge in [0.2, 0.25) is 0 Å². The highest BCUT2D eigenvalue weighted by Gasteiger charge is 2.30. The Bertz CT molecular complexity index is 769. The lowest BCUT2D eigenvalue weighted by atomic mass is 10.2. The smallest absolute Gasteiger partial charge is 0.368 e. The Morgan fingerprint density at radius 2 is 1.62 bits per heavy atom. The fourth-order valence-corrected chi connectivity index (χ4v) is 3.10. The molecule has 2 aromatic carbocycles. The van der Waals surface area contributed by atoms with Gasteiger partial charge in [-0.25, -0.2) is 4.39 Å². The van der Waals surface area contributed by atoms with Gasteiger partial charge < -0.3 is 15.1 Å². The van der Waals surface area contributed by atoms with Gasteiger partial charge in [-0.15, -0.1) is 0 Å². The van der Waals surface area contributed by atoms with Crippen LogP contribution in [0.4, 0.5) is 28.9 Å². The van der Waals surface area contributed by atoms with Crippen LogP contribution in [0.25, 0.3) is 0 Å². The number of alkyl halides is 3. The normalized spacial score (nSPS) is 15.1. The molecule has 1 aliphatic rings. The maximum absolute atomic E-state index is 13.0. The van der Waals surface area contributed by atoms with Crippen LogP contribution in [0.5, 0.6) is 0 Å². The molecule has 3 rings (SSSR count). The van der Waals surface area contributed by atoms with Crippen molar-refractivity contribution in [2.24, 2.45) is 0 Å². The number of hydrogen-bond acceptors (Lipinski definition) is 2. The van der Waals surface area contributed by atoms with E-state index in [9.17, 15) is 17.6 Å². The van der Waals surface area contributed by atoms with Crippen molar-refractivity contribution in [3.05, 3.63) is 59.9 Å². The largest absolute Gasteiger partial charge is 0.416 e. The number of hydrogen-bond donors (Lipinski definition) is 1. The molecule has 0 amide bonds. The van der Waals surface area contributed by atoms with Crippen molar-refractivity contribution < 1.29 is 17.6 Å². The highest BCUT2D eigenvalue weighted by molar-refractivity contribution is 7.80. The molecule has 0 aliphatic carbocycles. The summed E-state index contributed by atoms with van der Waals surface area (Å²) in [5.74, 6) is -0.279. The van der Waals surface area contributed by atoms with Crippen LogP contribution in [0.2, 0.25) is 0 Å². The maximum Gasteiger partial charge on any atom is 0.416 e. The highest BCUT2D eigenvalue weighted by atomic mass is 32.1. The molecule has 0 radical (unpaired) electrons. The minimum atomic E-state index is -4.39. The first-order valence-electron chi connectivity index (χ1n) is 8.06. The lowest BCUT2D eigenvalue weighted by Gasteiger charge is -2.37. The number of halogens is 4. The summed E-state index contributed by atoms with van der Waals surface area (Å²) < 4.78 is 51.4. The molecule has 1 N–H and O–H groups in total. The zero-order chi connectivity index (χ0) is 18.7. The fourth-order valence-electron chi connectivity index (χ4n) is 2.80. The second kappa shape index (κ2) is 7.49. The molecule has 0 spiro atoms. The molecule has 3 nitrogen and oxygen atoms in total. The summed E-state index contributed by atoms with van der Waals surface area (Å²) in [6.07, 6.45) is -4.39. The number of nitrogens with zero attached hydrogens (tertiary/aromatic N) is 2. The molecule has 26 heavy (non-hydrogen) atoms. The van der Waals surface area contributed by atoms with Crippen molar-refractivity contribution in [2.45, 2.75) is 6.18 Å². The number of thiocarbonyl (C=S) groups is 1. The van der Waals surface area contributed by atoms with E-state index < -0.39 is 11.7 Å². The van der Waals surface area contributed by atoms with Crippen molar-refractivity contribution in [3.8, 4) is 0 Å². The molecular weight excluding hydrogens is 366 g/mol. The number of benzene rings is 2. The van der Waals surface area contributed by atoms with Gasteiger partial charge in [-0.3, -0.25) is 0 Å². The van der Waals surface area contributed by atoms with Gasteiger partial charge in [0.05, 0.1) is 5.56 Å². The van der Waals surface area contributed by atoms with E-state index in [4.69, 9.17) is 12.2 Å². The topological polar surface area (TPSA) is 18.5 Å². The summed E-state index contributed by atoms with van der Waals surface area (Å²) in [4.78, 5) is 4.03. The van der Waals surface area contributed by atoms with E-state index in [2.05, 4.69) is 10.2 Å². The summed E-state index contributed by atoms with van der Waals surface area (Å²) in [5.41, 5.74) is 0.528. The Morgan fingerprint density at radius 1 is 0.962 bits per heavy atom. The standard InChI is InChI=1S/C18H17F4N3S/c19-14-4-6-16(7-5-14)24-8-10-25(11-9-24)17(26)23-15-3-1-2-13(12-15)18(20,21)22/h1-7,12H,8-11H2,(H,23,26). The van der Waals surface area contributed by atoms with E-state index >= 15 is 0 Å². The van der Waals surface area contributed by atoms with E-state index in [1.807, 2.05) is 4.90 Å². The van der Waals surface area contributed by atoms with Crippen LogP contribution in [0, 0.1) is 5.82 Å². The van der Waals surface area contributed by atoms with E-state index in [0.29, 0.717) is 37.0 Å². The fraction of sp³-hybridized carbons (Fsp3) is 0.278. The third kappa shape index (κ3) is 4.43. The highest BCUT2D eigenvalue weighted by Crippen LogP contribution is 2.30. The lowest BCUT2D eigenvalue weighted by molar-refractivity contribution is -0.137. The molecule has 0 bridgehead atoms. The Balaban J connectivity index is 1.58. The SMILES string of the molecule is Fc1ccc(N2CCN(C(=S)Nc3cccc(C(F)(F)F)c3)CC2)cc1. The Kier molecular flexibility index (Phi) is 5.31. The first-order valence-corrected chi connectivity index (χ1v) is 8.47. The van der Waals surface area contributed by atoms with Gasteiger partial charge >= 0.3 is 6.18 Å². The third-order valence-corrected chi connectivity index (χ3v) is 4.56. The molecular formula is C18H17F4N3S. The Labute approximate surface area is 154 Å². The van der Waals surface area contributed by atoms with Crippen molar-refractivity contribution in [2.75, 3.05) is 36.4 Å². The number of piperazine rings is 1. The van der Waals surface area contributed by atoms with E-state index in [1.54, 1.807) is 18.2 Å². The molecule has 1 heterocycles. The summed E-state index contributed by atoms with van der Waals surface area (Å²) in [6, 6.07) is 11.3. The van der Waals surface area contributed by atoms with Gasteiger partial charge in [-0.2, -0.15) is 13.2 Å². The first-order chi connectivity index (χ1) is 12.3. The van der Waals surface area contributed by atoms with Crippen LogP contribution in [0.3, 0.4) is 0 Å². The number of anilines is 2. The Morgan fingerprint density at radius 3 is 2.23 bits per heavy atom. The molecule has 0 saturated carbocycles. The summed E-state index contributed by atoms with van der Waals surface area (Å²) in [6.45, 7) is 2.64. The van der Waals surface area contributed by atoms with E-state index in [-0.39, 0.29) is 5.82 Å². The quantitative estimate of drug-likeness (QED) is 0.613. The van der Waals surface area contributed by atoms with Crippen LogP contribution in [-0.4, -0.2) is 36.2 Å². The average Bonchev–Trinajstić information content (AvgIpc) is 2.62. The van der Waals surface area contributed by atoms with Gasteiger partial charge in [0.25, 0.3) is 0 Å². The minimum absolute atomic E-state index is 0.279. The molecule has 0 atom stereocenters.